The van der Waals surface area contributed by atoms with Crippen LogP contribution in [-0.2, 0) is 0 Å². The van der Waals surface area contributed by atoms with Gasteiger partial charge in [0.2, 0.25) is 0 Å². The number of hydrogen-bond acceptors (Lipinski definition) is 0. The van der Waals surface area contributed by atoms with Gasteiger partial charge in [-0.25, -0.2) is 0 Å². The first-order chi connectivity index (χ1) is 38.7. The fraction of sp³-hybridized carbons (Fsp3) is 0. The highest BCUT2D eigenvalue weighted by Gasteiger charge is 2.22. The molecule has 0 nitrogen and oxygen atoms in total. The van der Waals surface area contributed by atoms with Crippen LogP contribution in [0.2, 0.25) is 0 Å². The molecule has 0 heteroatoms. The molecule has 0 saturated heterocycles. The lowest BCUT2D eigenvalue weighted by Crippen LogP contribution is -1.94. The van der Waals surface area contributed by atoms with E-state index in [0.29, 0.717) is 0 Å². The molecule has 14 rings (SSSR count). The van der Waals surface area contributed by atoms with Gasteiger partial charge in [-0.15, -0.1) is 0 Å². The maximum atomic E-state index is 2.40. The highest BCUT2D eigenvalue weighted by Crippen LogP contribution is 2.49. The molecule has 0 fully saturated rings. The first-order valence-electron chi connectivity index (χ1n) is 27.0. The molecule has 0 bridgehead atoms. The van der Waals surface area contributed by atoms with Gasteiger partial charge in [0.05, 0.1) is 0 Å². The van der Waals surface area contributed by atoms with Gasteiger partial charge >= 0.3 is 0 Å². The van der Waals surface area contributed by atoms with Crippen LogP contribution in [0, 0.1) is 0 Å². The van der Waals surface area contributed by atoms with Gasteiger partial charge in [-0.2, -0.15) is 0 Å². The van der Waals surface area contributed by atoms with E-state index in [9.17, 15) is 0 Å². The number of rotatable bonds is 10. The topological polar surface area (TPSA) is 0 Å². The number of benzene rings is 14. The molecule has 364 valence electrons. The lowest BCUT2D eigenvalue weighted by molar-refractivity contribution is 1.55. The van der Waals surface area contributed by atoms with Crippen LogP contribution in [0.5, 0.6) is 0 Å². The highest BCUT2D eigenvalue weighted by atomic mass is 14.3. The van der Waals surface area contributed by atoms with Crippen molar-refractivity contribution in [2.75, 3.05) is 0 Å². The molecule has 0 aliphatic carbocycles. The predicted molar refractivity (Wildman–Crippen MR) is 335 cm³/mol. The first-order valence-corrected chi connectivity index (χ1v) is 27.0. The third-order valence-electron chi connectivity index (χ3n) is 15.7. The summed E-state index contributed by atoms with van der Waals surface area (Å²) < 4.78 is 0. The summed E-state index contributed by atoms with van der Waals surface area (Å²) in [5.41, 5.74) is 19.4. The van der Waals surface area contributed by atoms with Crippen LogP contribution in [0.15, 0.2) is 303 Å². The van der Waals surface area contributed by atoms with Crippen molar-refractivity contribution in [2.45, 2.75) is 0 Å². The zero-order valence-corrected chi connectivity index (χ0v) is 43.0. The van der Waals surface area contributed by atoms with Gasteiger partial charge in [-0.1, -0.05) is 303 Å². The average Bonchev–Trinajstić information content (AvgIpc) is 3.71. The van der Waals surface area contributed by atoms with Gasteiger partial charge in [0.1, 0.15) is 0 Å². The maximum absolute atomic E-state index is 2.40. The highest BCUT2D eigenvalue weighted by molar-refractivity contribution is 6.27. The second-order valence-electron chi connectivity index (χ2n) is 20.2. The van der Waals surface area contributed by atoms with Gasteiger partial charge in [-0.05, 0) is 155 Å². The van der Waals surface area contributed by atoms with Crippen molar-refractivity contribution in [1.82, 2.24) is 0 Å². The van der Waals surface area contributed by atoms with Crippen molar-refractivity contribution in [3.63, 3.8) is 0 Å². The third-order valence-corrected chi connectivity index (χ3v) is 15.7. The Morgan fingerprint density at radius 2 is 0.397 bits per heavy atom. The predicted octanol–water partition coefficient (Wildman–Crippen LogP) is 21.3. The minimum atomic E-state index is 1.16. The largest absolute Gasteiger partial charge is 0.0622 e. The van der Waals surface area contributed by atoms with Crippen molar-refractivity contribution < 1.29 is 0 Å². The zero-order chi connectivity index (χ0) is 51.8. The summed E-state index contributed by atoms with van der Waals surface area (Å²) in [4.78, 5) is 0. The van der Waals surface area contributed by atoms with Crippen LogP contribution in [-0.4, -0.2) is 0 Å². The Balaban J connectivity index is 0.897. The van der Waals surface area contributed by atoms with Gasteiger partial charge in [0.25, 0.3) is 0 Å². The van der Waals surface area contributed by atoms with Gasteiger partial charge < -0.3 is 0 Å². The molecule has 0 heterocycles. The minimum Gasteiger partial charge on any atom is -0.0622 e. The van der Waals surface area contributed by atoms with E-state index in [1.165, 1.54) is 132 Å². The Hall–Kier alpha value is -10.1. The van der Waals surface area contributed by atoms with E-state index in [2.05, 4.69) is 315 Å². The molecule has 0 unspecified atom stereocenters. The number of hydrogen-bond donors (Lipinski definition) is 0. The molecule has 14 aromatic carbocycles. The second-order valence-corrected chi connectivity index (χ2v) is 20.2. The normalized spacial score (nSPS) is 11.3. The van der Waals surface area contributed by atoms with Crippen LogP contribution in [0.3, 0.4) is 0 Å². The molecule has 0 N–H and O–H groups in total. The molecule has 0 aliphatic rings. The lowest BCUT2D eigenvalue weighted by atomic mass is 9.82. The molecule has 0 aliphatic heterocycles. The standard InChI is InChI=1S/C78H52/c1-5-23-55(24-6-1)73(56-25-7-2-8-26-56)51-53-41-45-59(46-42-53)75-63-33-15-19-37-67(63)77(68-38-20-16-34-64(68)75)71-49-50-72(62-32-14-13-31-61(62)71)78-69-39-21-17-35-65(69)76(66-36-18-22-40-70(66)78)60-47-43-54(44-48-60)52-74(57-27-9-3-10-28-57)58-29-11-4-12-30-58/h1-52H. The summed E-state index contributed by atoms with van der Waals surface area (Å²) in [5.74, 6) is 0. The van der Waals surface area contributed by atoms with E-state index < -0.39 is 0 Å². The molecule has 0 aromatic heterocycles. The summed E-state index contributed by atoms with van der Waals surface area (Å²) in [6.45, 7) is 0. The summed E-state index contributed by atoms with van der Waals surface area (Å²) in [6, 6.07) is 111. The Morgan fingerprint density at radius 1 is 0.179 bits per heavy atom. The Morgan fingerprint density at radius 3 is 0.654 bits per heavy atom. The minimum absolute atomic E-state index is 1.16. The molecule has 0 atom stereocenters. The Labute approximate surface area is 455 Å². The van der Waals surface area contributed by atoms with Crippen LogP contribution in [0.25, 0.3) is 122 Å². The van der Waals surface area contributed by atoms with Crippen LogP contribution < -0.4 is 0 Å². The van der Waals surface area contributed by atoms with Crippen LogP contribution >= 0.6 is 0 Å². The molecule has 78 heavy (non-hydrogen) atoms. The summed E-state index contributed by atoms with van der Waals surface area (Å²) in [6.07, 6.45) is 4.63. The molecule has 0 spiro atoms. The monoisotopic (exact) mass is 988 g/mol. The fourth-order valence-electron chi connectivity index (χ4n) is 12.2. The quantitative estimate of drug-likeness (QED) is 0.0946. The van der Waals surface area contributed by atoms with E-state index in [4.69, 9.17) is 0 Å². The lowest BCUT2D eigenvalue weighted by Gasteiger charge is -2.21. The summed E-state index contributed by atoms with van der Waals surface area (Å²) >= 11 is 0. The van der Waals surface area contributed by atoms with Crippen molar-refractivity contribution in [1.29, 1.82) is 0 Å². The second kappa shape index (κ2) is 20.2. The molecular formula is C78H52. The molecule has 14 aromatic rings. The van der Waals surface area contributed by atoms with E-state index in [-0.39, 0.29) is 0 Å². The van der Waals surface area contributed by atoms with E-state index in [1.54, 1.807) is 0 Å². The summed E-state index contributed by atoms with van der Waals surface area (Å²) in [5, 5.41) is 12.4. The Bertz CT molecular complexity index is 4090. The Kier molecular flexibility index (Phi) is 12.0. The van der Waals surface area contributed by atoms with Crippen molar-refractivity contribution >= 4 is 77.2 Å². The number of fused-ring (bicyclic) bond motifs is 5. The third kappa shape index (κ3) is 8.38. The van der Waals surface area contributed by atoms with Crippen LogP contribution in [0.4, 0.5) is 0 Å². The first kappa shape index (κ1) is 46.4. The zero-order valence-electron chi connectivity index (χ0n) is 43.0. The van der Waals surface area contributed by atoms with Gasteiger partial charge in [0, 0.05) is 0 Å². The van der Waals surface area contributed by atoms with Crippen molar-refractivity contribution in [3.05, 3.63) is 337 Å². The molecule has 0 radical (unpaired) electrons. The average molecular weight is 989 g/mol. The van der Waals surface area contributed by atoms with Crippen molar-refractivity contribution in [3.8, 4) is 44.5 Å². The van der Waals surface area contributed by atoms with Gasteiger partial charge in [-0.3, -0.25) is 0 Å². The van der Waals surface area contributed by atoms with E-state index in [1.807, 2.05) is 0 Å². The molecular weight excluding hydrogens is 937 g/mol. The van der Waals surface area contributed by atoms with E-state index >= 15 is 0 Å². The van der Waals surface area contributed by atoms with E-state index in [0.717, 1.165) is 11.1 Å². The van der Waals surface area contributed by atoms with Crippen molar-refractivity contribution in [2.24, 2.45) is 0 Å². The SMILES string of the molecule is C(=C(c1ccccc1)c1ccccc1)c1ccc(-c2c3ccccc3c(-c3ccc(-c4c5ccccc5c(-c5ccc(C=C(c6ccccc6)c6ccccc6)cc5)c5ccccc45)c4ccccc34)c3ccccc23)cc1. The van der Waals surface area contributed by atoms with Gasteiger partial charge in [0.15, 0.2) is 0 Å². The molecule has 0 amide bonds. The fourth-order valence-corrected chi connectivity index (χ4v) is 12.2. The maximum Gasteiger partial charge on any atom is -0.00201 e. The molecule has 0 saturated carbocycles. The smallest absolute Gasteiger partial charge is 0.00201 e. The van der Waals surface area contributed by atoms with Crippen LogP contribution in [0.1, 0.15) is 33.4 Å². The summed E-state index contributed by atoms with van der Waals surface area (Å²) in [7, 11) is 0.